The molecule has 0 aliphatic heterocycles. The highest BCUT2D eigenvalue weighted by atomic mass is 19.1. The molecule has 0 spiro atoms. The fraction of sp³-hybridized carbons (Fsp3) is 0.211. The van der Waals surface area contributed by atoms with Crippen LogP contribution in [-0.2, 0) is 6.54 Å². The molecule has 0 amide bonds. The van der Waals surface area contributed by atoms with Crippen molar-refractivity contribution in [1.82, 2.24) is 10.1 Å². The van der Waals surface area contributed by atoms with Gasteiger partial charge in [0, 0.05) is 23.9 Å². The molecule has 132 valence electrons. The number of pyridine rings is 1. The van der Waals surface area contributed by atoms with Crippen LogP contribution in [0.25, 0.3) is 11.1 Å². The minimum atomic E-state index is -0.540. The number of benzene rings is 1. The highest BCUT2D eigenvalue weighted by Gasteiger charge is 2.15. The standard InChI is InChI=1S/C19H17FN4O2/c1-11-18(12(2)26-24-11)15-7-17(19(25-3)23-10-15)22-9-13-4-5-14(8-21)16(20)6-13/h4-7,10,22H,9H2,1-3H3. The summed E-state index contributed by atoms with van der Waals surface area (Å²) in [6, 6.07) is 8.19. The van der Waals surface area contributed by atoms with E-state index in [9.17, 15) is 4.39 Å². The van der Waals surface area contributed by atoms with Crippen molar-refractivity contribution in [2.75, 3.05) is 12.4 Å². The van der Waals surface area contributed by atoms with Crippen molar-refractivity contribution >= 4 is 5.69 Å². The normalized spacial score (nSPS) is 10.4. The number of aryl methyl sites for hydroxylation is 2. The molecular formula is C19H17FN4O2. The number of nitrogens with one attached hydrogen (secondary N) is 1. The largest absolute Gasteiger partial charge is 0.480 e. The van der Waals surface area contributed by atoms with E-state index in [1.807, 2.05) is 26.0 Å². The Bertz CT molecular complexity index is 972. The average molecular weight is 352 g/mol. The molecule has 6 nitrogen and oxygen atoms in total. The number of hydrogen-bond acceptors (Lipinski definition) is 6. The van der Waals surface area contributed by atoms with Crippen molar-refractivity contribution in [3.05, 3.63) is 58.9 Å². The van der Waals surface area contributed by atoms with Crippen molar-refractivity contribution in [3.63, 3.8) is 0 Å². The van der Waals surface area contributed by atoms with Crippen molar-refractivity contribution in [3.8, 4) is 23.1 Å². The van der Waals surface area contributed by atoms with Gasteiger partial charge in [-0.3, -0.25) is 0 Å². The van der Waals surface area contributed by atoms with E-state index in [0.717, 1.165) is 16.8 Å². The quantitative estimate of drug-likeness (QED) is 0.747. The molecule has 2 heterocycles. The lowest BCUT2D eigenvalue weighted by atomic mass is 10.1. The van der Waals surface area contributed by atoms with Crippen LogP contribution in [-0.4, -0.2) is 17.3 Å². The Balaban J connectivity index is 1.88. The molecule has 0 saturated heterocycles. The maximum atomic E-state index is 13.8. The number of nitriles is 1. The van der Waals surface area contributed by atoms with Crippen LogP contribution in [0.5, 0.6) is 5.88 Å². The number of ether oxygens (including phenoxy) is 1. The van der Waals surface area contributed by atoms with Crippen molar-refractivity contribution in [1.29, 1.82) is 5.26 Å². The van der Waals surface area contributed by atoms with E-state index < -0.39 is 5.82 Å². The first-order chi connectivity index (χ1) is 12.5. The second kappa shape index (κ2) is 7.23. The summed E-state index contributed by atoms with van der Waals surface area (Å²) < 4.78 is 24.3. The van der Waals surface area contributed by atoms with Gasteiger partial charge in [-0.05, 0) is 37.6 Å². The first-order valence-electron chi connectivity index (χ1n) is 7.93. The van der Waals surface area contributed by atoms with Crippen LogP contribution in [0.1, 0.15) is 22.6 Å². The van der Waals surface area contributed by atoms with Gasteiger partial charge in [0.1, 0.15) is 17.6 Å². The van der Waals surface area contributed by atoms with Gasteiger partial charge in [-0.1, -0.05) is 11.2 Å². The second-order valence-corrected chi connectivity index (χ2v) is 5.76. The Labute approximate surface area is 150 Å². The van der Waals surface area contributed by atoms with E-state index >= 15 is 0 Å². The van der Waals surface area contributed by atoms with Gasteiger partial charge >= 0.3 is 0 Å². The fourth-order valence-corrected chi connectivity index (χ4v) is 2.73. The molecule has 0 bridgehead atoms. The predicted molar refractivity (Wildman–Crippen MR) is 94.2 cm³/mol. The lowest BCUT2D eigenvalue weighted by Crippen LogP contribution is -2.04. The van der Waals surface area contributed by atoms with Crippen molar-refractivity contribution in [2.45, 2.75) is 20.4 Å². The Morgan fingerprint density at radius 2 is 2.12 bits per heavy atom. The summed E-state index contributed by atoms with van der Waals surface area (Å²) in [6.07, 6.45) is 1.69. The van der Waals surface area contributed by atoms with E-state index in [4.69, 9.17) is 14.5 Å². The first-order valence-corrected chi connectivity index (χ1v) is 7.93. The van der Waals surface area contributed by atoms with Crippen LogP contribution in [0.4, 0.5) is 10.1 Å². The first kappa shape index (κ1) is 17.4. The van der Waals surface area contributed by atoms with Crippen LogP contribution >= 0.6 is 0 Å². The van der Waals surface area contributed by atoms with E-state index in [-0.39, 0.29) is 5.56 Å². The molecule has 0 fully saturated rings. The van der Waals surface area contributed by atoms with Crippen LogP contribution < -0.4 is 10.1 Å². The molecule has 26 heavy (non-hydrogen) atoms. The third-order valence-electron chi connectivity index (χ3n) is 4.00. The van der Waals surface area contributed by atoms with Crippen molar-refractivity contribution < 1.29 is 13.7 Å². The molecule has 3 rings (SSSR count). The third-order valence-corrected chi connectivity index (χ3v) is 4.00. The molecule has 3 aromatic rings. The zero-order chi connectivity index (χ0) is 18.7. The Morgan fingerprint density at radius 1 is 1.31 bits per heavy atom. The van der Waals surface area contributed by atoms with Crippen LogP contribution in [0.15, 0.2) is 35.0 Å². The van der Waals surface area contributed by atoms with Gasteiger partial charge in [0.05, 0.1) is 24.1 Å². The number of aromatic nitrogens is 2. The van der Waals surface area contributed by atoms with Gasteiger partial charge in [-0.15, -0.1) is 0 Å². The zero-order valence-corrected chi connectivity index (χ0v) is 14.6. The molecule has 0 aliphatic rings. The van der Waals surface area contributed by atoms with Gasteiger partial charge in [0.15, 0.2) is 0 Å². The Morgan fingerprint density at radius 3 is 2.73 bits per heavy atom. The van der Waals surface area contributed by atoms with Crippen LogP contribution in [0.3, 0.4) is 0 Å². The van der Waals surface area contributed by atoms with Crippen LogP contribution in [0.2, 0.25) is 0 Å². The molecule has 7 heteroatoms. The molecular weight excluding hydrogens is 335 g/mol. The van der Waals surface area contributed by atoms with E-state index in [0.29, 0.717) is 29.4 Å². The lowest BCUT2D eigenvalue weighted by molar-refractivity contribution is 0.393. The molecule has 2 aromatic heterocycles. The maximum Gasteiger partial charge on any atom is 0.237 e. The summed E-state index contributed by atoms with van der Waals surface area (Å²) in [7, 11) is 1.53. The predicted octanol–water partition coefficient (Wildman–Crippen LogP) is 3.98. The summed E-state index contributed by atoms with van der Waals surface area (Å²) in [5, 5.41) is 16.0. The van der Waals surface area contributed by atoms with Gasteiger partial charge in [-0.2, -0.15) is 5.26 Å². The fourth-order valence-electron chi connectivity index (χ4n) is 2.73. The SMILES string of the molecule is COc1ncc(-c2c(C)noc2C)cc1NCc1ccc(C#N)c(F)c1. The van der Waals surface area contributed by atoms with Gasteiger partial charge in [-0.25, -0.2) is 9.37 Å². The highest BCUT2D eigenvalue weighted by molar-refractivity contribution is 5.72. The van der Waals surface area contributed by atoms with E-state index in [2.05, 4.69) is 15.5 Å². The summed E-state index contributed by atoms with van der Waals surface area (Å²) in [6.45, 7) is 4.06. The highest BCUT2D eigenvalue weighted by Crippen LogP contribution is 2.32. The molecule has 0 unspecified atom stereocenters. The minimum Gasteiger partial charge on any atom is -0.480 e. The van der Waals surface area contributed by atoms with E-state index in [1.54, 1.807) is 12.3 Å². The minimum absolute atomic E-state index is 0.0217. The summed E-state index contributed by atoms with van der Waals surface area (Å²) in [5.41, 5.74) is 3.88. The monoisotopic (exact) mass is 352 g/mol. The topological polar surface area (TPSA) is 84.0 Å². The second-order valence-electron chi connectivity index (χ2n) is 5.76. The van der Waals surface area contributed by atoms with Gasteiger partial charge in [0.25, 0.3) is 0 Å². The molecule has 1 N–H and O–H groups in total. The zero-order valence-electron chi connectivity index (χ0n) is 14.6. The maximum absolute atomic E-state index is 13.8. The van der Waals surface area contributed by atoms with Crippen LogP contribution in [0, 0.1) is 31.0 Å². The molecule has 0 saturated carbocycles. The van der Waals surface area contributed by atoms with Crippen molar-refractivity contribution in [2.24, 2.45) is 0 Å². The third kappa shape index (κ3) is 3.35. The molecule has 0 radical (unpaired) electrons. The summed E-state index contributed by atoms with van der Waals surface area (Å²) in [5.74, 6) is 0.588. The lowest BCUT2D eigenvalue weighted by Gasteiger charge is -2.12. The molecule has 0 atom stereocenters. The Hall–Kier alpha value is -3.40. The van der Waals surface area contributed by atoms with Gasteiger partial charge < -0.3 is 14.6 Å². The smallest absolute Gasteiger partial charge is 0.237 e. The number of hydrogen-bond donors (Lipinski definition) is 1. The number of halogens is 1. The number of anilines is 1. The Kier molecular flexibility index (Phi) is 4.85. The summed E-state index contributed by atoms with van der Waals surface area (Å²) in [4.78, 5) is 4.32. The molecule has 1 aromatic carbocycles. The summed E-state index contributed by atoms with van der Waals surface area (Å²) >= 11 is 0. The van der Waals surface area contributed by atoms with E-state index in [1.165, 1.54) is 19.2 Å². The molecule has 0 aliphatic carbocycles. The number of methoxy groups -OCH3 is 1. The van der Waals surface area contributed by atoms with Gasteiger partial charge in [0.2, 0.25) is 5.88 Å². The number of rotatable bonds is 5. The average Bonchev–Trinajstić information content (AvgIpc) is 2.98. The number of nitrogens with zero attached hydrogens (tertiary/aromatic N) is 3.